The third kappa shape index (κ3) is 2.44. The van der Waals surface area contributed by atoms with Crippen molar-refractivity contribution >= 4 is 0 Å². The summed E-state index contributed by atoms with van der Waals surface area (Å²) in [5.74, 6) is 0. The highest BCUT2D eigenvalue weighted by atomic mass is 16.5. The van der Waals surface area contributed by atoms with E-state index in [0.717, 1.165) is 39.1 Å². The zero-order valence-corrected chi connectivity index (χ0v) is 8.06. The van der Waals surface area contributed by atoms with Gasteiger partial charge in [-0.2, -0.15) is 0 Å². The van der Waals surface area contributed by atoms with E-state index >= 15 is 0 Å². The van der Waals surface area contributed by atoms with Gasteiger partial charge < -0.3 is 14.8 Å². The Kier molecular flexibility index (Phi) is 3.98. The highest BCUT2D eigenvalue weighted by molar-refractivity contribution is 4.84. The standard InChI is InChI=1S/C9H19NO2/c1-11-7-9(8-12-2)3-5-10-6-4-9/h10H,3-8H2,1-2H3. The molecule has 1 saturated heterocycles. The molecule has 0 aromatic heterocycles. The van der Waals surface area contributed by atoms with Gasteiger partial charge in [0, 0.05) is 19.6 Å². The number of ether oxygens (including phenoxy) is 2. The van der Waals surface area contributed by atoms with Crippen molar-refractivity contribution in [3.05, 3.63) is 0 Å². The fraction of sp³-hybridized carbons (Fsp3) is 1.00. The van der Waals surface area contributed by atoms with Crippen LogP contribution in [0.25, 0.3) is 0 Å². The van der Waals surface area contributed by atoms with E-state index in [9.17, 15) is 0 Å². The molecule has 0 saturated carbocycles. The van der Waals surface area contributed by atoms with E-state index in [4.69, 9.17) is 9.47 Å². The molecular formula is C9H19NO2. The van der Waals surface area contributed by atoms with E-state index in [1.54, 1.807) is 14.2 Å². The van der Waals surface area contributed by atoms with E-state index in [-0.39, 0.29) is 5.41 Å². The Morgan fingerprint density at radius 1 is 1.08 bits per heavy atom. The first-order valence-electron chi connectivity index (χ1n) is 4.52. The van der Waals surface area contributed by atoms with Crippen LogP contribution >= 0.6 is 0 Å². The minimum Gasteiger partial charge on any atom is -0.384 e. The van der Waals surface area contributed by atoms with Crippen molar-refractivity contribution in [3.63, 3.8) is 0 Å². The van der Waals surface area contributed by atoms with Crippen molar-refractivity contribution in [1.82, 2.24) is 5.32 Å². The van der Waals surface area contributed by atoms with Gasteiger partial charge in [0.05, 0.1) is 13.2 Å². The molecule has 3 heteroatoms. The zero-order valence-electron chi connectivity index (χ0n) is 8.06. The Hall–Kier alpha value is -0.120. The van der Waals surface area contributed by atoms with Crippen molar-refractivity contribution in [2.45, 2.75) is 12.8 Å². The van der Waals surface area contributed by atoms with E-state index < -0.39 is 0 Å². The second-order valence-corrected chi connectivity index (χ2v) is 3.62. The summed E-state index contributed by atoms with van der Waals surface area (Å²) in [5, 5.41) is 3.35. The molecule has 1 aliphatic rings. The summed E-state index contributed by atoms with van der Waals surface area (Å²) in [6, 6.07) is 0. The molecule has 3 nitrogen and oxygen atoms in total. The summed E-state index contributed by atoms with van der Waals surface area (Å²) in [5.41, 5.74) is 0.273. The second kappa shape index (κ2) is 4.80. The molecule has 0 unspecified atom stereocenters. The molecule has 0 amide bonds. The number of hydrogen-bond donors (Lipinski definition) is 1. The third-order valence-electron chi connectivity index (χ3n) is 2.57. The summed E-state index contributed by atoms with van der Waals surface area (Å²) >= 11 is 0. The maximum Gasteiger partial charge on any atom is 0.0541 e. The van der Waals surface area contributed by atoms with Crippen LogP contribution in [-0.4, -0.2) is 40.5 Å². The van der Waals surface area contributed by atoms with E-state index in [0.29, 0.717) is 0 Å². The molecule has 1 heterocycles. The summed E-state index contributed by atoms with van der Waals surface area (Å²) in [6.45, 7) is 3.82. The van der Waals surface area contributed by atoms with Crippen LogP contribution in [0.5, 0.6) is 0 Å². The van der Waals surface area contributed by atoms with Crippen LogP contribution < -0.4 is 5.32 Å². The van der Waals surface area contributed by atoms with Gasteiger partial charge in [-0.3, -0.25) is 0 Å². The smallest absolute Gasteiger partial charge is 0.0541 e. The number of nitrogens with one attached hydrogen (secondary N) is 1. The van der Waals surface area contributed by atoms with Gasteiger partial charge in [-0.1, -0.05) is 0 Å². The molecule has 72 valence electrons. The highest BCUT2D eigenvalue weighted by Crippen LogP contribution is 2.28. The molecule has 1 N–H and O–H groups in total. The molecule has 0 atom stereocenters. The normalized spacial score (nSPS) is 22.5. The molecule has 0 radical (unpaired) electrons. The Morgan fingerprint density at radius 2 is 1.58 bits per heavy atom. The lowest BCUT2D eigenvalue weighted by molar-refractivity contribution is -0.00922. The largest absolute Gasteiger partial charge is 0.384 e. The summed E-state index contributed by atoms with van der Waals surface area (Å²) in [7, 11) is 3.53. The van der Waals surface area contributed by atoms with E-state index in [1.165, 1.54) is 0 Å². The quantitative estimate of drug-likeness (QED) is 0.677. The molecule has 12 heavy (non-hydrogen) atoms. The molecule has 0 bridgehead atoms. The van der Waals surface area contributed by atoms with Gasteiger partial charge >= 0.3 is 0 Å². The molecule has 0 spiro atoms. The Bertz CT molecular complexity index is 106. The first kappa shape index (κ1) is 9.96. The number of rotatable bonds is 4. The maximum atomic E-state index is 5.23. The van der Waals surface area contributed by atoms with Crippen LogP contribution in [0.4, 0.5) is 0 Å². The monoisotopic (exact) mass is 173 g/mol. The minimum atomic E-state index is 0.273. The van der Waals surface area contributed by atoms with Crippen molar-refractivity contribution in [3.8, 4) is 0 Å². The van der Waals surface area contributed by atoms with Gasteiger partial charge in [-0.15, -0.1) is 0 Å². The third-order valence-corrected chi connectivity index (χ3v) is 2.57. The first-order chi connectivity index (χ1) is 5.83. The first-order valence-corrected chi connectivity index (χ1v) is 4.52. The van der Waals surface area contributed by atoms with Crippen LogP contribution in [0.1, 0.15) is 12.8 Å². The number of piperidine rings is 1. The average Bonchev–Trinajstić information content (AvgIpc) is 2.07. The van der Waals surface area contributed by atoms with Gasteiger partial charge in [-0.05, 0) is 25.9 Å². The molecule has 0 aromatic rings. The number of methoxy groups -OCH3 is 2. The predicted octanol–water partition coefficient (Wildman–Crippen LogP) is 0.649. The average molecular weight is 173 g/mol. The minimum absolute atomic E-state index is 0.273. The lowest BCUT2D eigenvalue weighted by Gasteiger charge is -2.36. The Morgan fingerprint density at radius 3 is 2.00 bits per heavy atom. The van der Waals surface area contributed by atoms with Crippen molar-refractivity contribution in [2.24, 2.45) is 5.41 Å². The second-order valence-electron chi connectivity index (χ2n) is 3.62. The predicted molar refractivity (Wildman–Crippen MR) is 48.3 cm³/mol. The van der Waals surface area contributed by atoms with Gasteiger partial charge in [0.25, 0.3) is 0 Å². The Balaban J connectivity index is 2.44. The van der Waals surface area contributed by atoms with Crippen LogP contribution in [0.15, 0.2) is 0 Å². The van der Waals surface area contributed by atoms with E-state index in [1.807, 2.05) is 0 Å². The topological polar surface area (TPSA) is 30.5 Å². The van der Waals surface area contributed by atoms with Gasteiger partial charge in [0.2, 0.25) is 0 Å². The van der Waals surface area contributed by atoms with Crippen LogP contribution in [0.3, 0.4) is 0 Å². The summed E-state index contributed by atoms with van der Waals surface area (Å²) in [6.07, 6.45) is 2.32. The van der Waals surface area contributed by atoms with Gasteiger partial charge in [0.15, 0.2) is 0 Å². The lowest BCUT2D eigenvalue weighted by atomic mass is 9.80. The van der Waals surface area contributed by atoms with Crippen molar-refractivity contribution in [1.29, 1.82) is 0 Å². The summed E-state index contributed by atoms with van der Waals surface area (Å²) < 4.78 is 10.5. The molecule has 1 fully saturated rings. The SMILES string of the molecule is COCC1(COC)CCNCC1. The molecule has 0 aromatic carbocycles. The number of hydrogen-bond acceptors (Lipinski definition) is 3. The van der Waals surface area contributed by atoms with Gasteiger partial charge in [-0.25, -0.2) is 0 Å². The fourth-order valence-corrected chi connectivity index (χ4v) is 1.90. The molecular weight excluding hydrogens is 154 g/mol. The van der Waals surface area contributed by atoms with Crippen LogP contribution in [0, 0.1) is 5.41 Å². The van der Waals surface area contributed by atoms with E-state index in [2.05, 4.69) is 5.32 Å². The maximum absolute atomic E-state index is 5.23. The van der Waals surface area contributed by atoms with Gasteiger partial charge in [0.1, 0.15) is 0 Å². The van der Waals surface area contributed by atoms with Crippen molar-refractivity contribution < 1.29 is 9.47 Å². The highest BCUT2D eigenvalue weighted by Gasteiger charge is 2.31. The molecule has 1 rings (SSSR count). The molecule has 0 aliphatic carbocycles. The van der Waals surface area contributed by atoms with Crippen LogP contribution in [0.2, 0.25) is 0 Å². The molecule has 1 aliphatic heterocycles. The lowest BCUT2D eigenvalue weighted by Crippen LogP contribution is -2.42. The fourth-order valence-electron chi connectivity index (χ4n) is 1.90. The van der Waals surface area contributed by atoms with Crippen molar-refractivity contribution in [2.75, 3.05) is 40.5 Å². The van der Waals surface area contributed by atoms with Crippen LogP contribution in [-0.2, 0) is 9.47 Å². The summed E-state index contributed by atoms with van der Waals surface area (Å²) in [4.78, 5) is 0. The zero-order chi connectivity index (χ0) is 8.86. The Labute approximate surface area is 74.4 Å².